The van der Waals surface area contributed by atoms with Gasteiger partial charge in [0.2, 0.25) is 0 Å². The molecule has 4 nitrogen and oxygen atoms in total. The number of amidine groups is 1. The number of rotatable bonds is 4. The maximum Gasteiger partial charge on any atom is 0.405 e. The summed E-state index contributed by atoms with van der Waals surface area (Å²) in [6.07, 6.45) is -2.98. The molecule has 1 aromatic heterocycles. The van der Waals surface area contributed by atoms with E-state index in [0.717, 1.165) is 4.90 Å². The fraction of sp³-hybridized carbons (Fsp3) is 0.400. The Morgan fingerprint density at radius 2 is 2.12 bits per heavy atom. The minimum Gasteiger partial charge on any atom is -0.384 e. The van der Waals surface area contributed by atoms with Gasteiger partial charge in [0.15, 0.2) is 0 Å². The van der Waals surface area contributed by atoms with Crippen molar-refractivity contribution in [3.8, 4) is 0 Å². The van der Waals surface area contributed by atoms with Crippen LogP contribution in [0.25, 0.3) is 0 Å². The highest BCUT2D eigenvalue weighted by Crippen LogP contribution is 2.20. The second kappa shape index (κ2) is 5.03. The van der Waals surface area contributed by atoms with Gasteiger partial charge >= 0.3 is 6.18 Å². The lowest BCUT2D eigenvalue weighted by atomic mass is 10.2. The van der Waals surface area contributed by atoms with Gasteiger partial charge in [-0.2, -0.15) is 13.2 Å². The SMILES string of the molecule is CCN(CC(F)(F)F)c1ccc(C(=N)N)cn1. The number of halogens is 3. The molecule has 1 heterocycles. The van der Waals surface area contributed by atoms with Crippen molar-refractivity contribution < 1.29 is 13.2 Å². The molecule has 7 heteroatoms. The van der Waals surface area contributed by atoms with Gasteiger partial charge in [-0.1, -0.05) is 0 Å². The summed E-state index contributed by atoms with van der Waals surface area (Å²) in [5, 5.41) is 7.15. The molecule has 3 N–H and O–H groups in total. The first-order chi connectivity index (χ1) is 7.83. The lowest BCUT2D eigenvalue weighted by Crippen LogP contribution is -2.34. The van der Waals surface area contributed by atoms with Gasteiger partial charge in [0, 0.05) is 18.3 Å². The zero-order valence-corrected chi connectivity index (χ0v) is 9.25. The summed E-state index contributed by atoms with van der Waals surface area (Å²) >= 11 is 0. The first-order valence-corrected chi connectivity index (χ1v) is 4.95. The van der Waals surface area contributed by atoms with Crippen molar-refractivity contribution >= 4 is 11.7 Å². The van der Waals surface area contributed by atoms with E-state index in [4.69, 9.17) is 11.1 Å². The number of aromatic nitrogens is 1. The number of alkyl halides is 3. The van der Waals surface area contributed by atoms with Crippen LogP contribution in [0.3, 0.4) is 0 Å². The second-order valence-electron chi connectivity index (χ2n) is 3.45. The molecular weight excluding hydrogens is 233 g/mol. The summed E-state index contributed by atoms with van der Waals surface area (Å²) in [4.78, 5) is 4.96. The molecule has 0 aromatic carbocycles. The Balaban J connectivity index is 2.86. The Kier molecular flexibility index (Phi) is 3.93. The minimum atomic E-state index is -4.27. The Hall–Kier alpha value is -1.79. The van der Waals surface area contributed by atoms with Crippen LogP contribution < -0.4 is 10.6 Å². The van der Waals surface area contributed by atoms with E-state index in [1.807, 2.05) is 0 Å². The Morgan fingerprint density at radius 3 is 2.47 bits per heavy atom. The summed E-state index contributed by atoms with van der Waals surface area (Å²) in [6.45, 7) is 0.772. The molecule has 0 amide bonds. The molecule has 1 aromatic rings. The van der Waals surface area contributed by atoms with Gasteiger partial charge in [-0.15, -0.1) is 0 Å². The highest BCUT2D eigenvalue weighted by molar-refractivity contribution is 5.94. The number of nitrogens with one attached hydrogen (secondary N) is 1. The molecule has 0 aliphatic rings. The van der Waals surface area contributed by atoms with Gasteiger partial charge in [-0.05, 0) is 19.1 Å². The lowest BCUT2D eigenvalue weighted by Gasteiger charge is -2.23. The Labute approximate surface area is 96.8 Å². The lowest BCUT2D eigenvalue weighted by molar-refractivity contribution is -0.119. The van der Waals surface area contributed by atoms with E-state index in [-0.39, 0.29) is 18.2 Å². The molecule has 17 heavy (non-hydrogen) atoms. The molecular formula is C10H13F3N4. The zero-order valence-electron chi connectivity index (χ0n) is 9.25. The summed E-state index contributed by atoms with van der Waals surface area (Å²) in [6, 6.07) is 2.90. The molecule has 94 valence electrons. The van der Waals surface area contributed by atoms with Gasteiger partial charge in [-0.3, -0.25) is 5.41 Å². The molecule has 0 saturated heterocycles. The smallest absolute Gasteiger partial charge is 0.384 e. The number of nitrogens with zero attached hydrogens (tertiary/aromatic N) is 2. The number of anilines is 1. The topological polar surface area (TPSA) is 66.0 Å². The fourth-order valence-corrected chi connectivity index (χ4v) is 1.30. The predicted molar refractivity (Wildman–Crippen MR) is 59.2 cm³/mol. The third-order valence-corrected chi connectivity index (χ3v) is 2.13. The molecule has 0 spiro atoms. The number of pyridine rings is 1. The van der Waals surface area contributed by atoms with E-state index in [1.165, 1.54) is 18.3 Å². The molecule has 0 radical (unpaired) electrons. The monoisotopic (exact) mass is 246 g/mol. The standard InChI is InChI=1S/C10H13F3N4/c1-2-17(6-10(11,12)13)8-4-3-7(5-16-8)9(14)15/h3-5H,2,6H2,1H3,(H3,14,15). The molecule has 0 fully saturated rings. The average Bonchev–Trinajstić information content (AvgIpc) is 2.25. The highest BCUT2D eigenvalue weighted by Gasteiger charge is 2.30. The molecule has 1 rings (SSSR count). The Bertz CT molecular complexity index is 386. The molecule has 0 bridgehead atoms. The van der Waals surface area contributed by atoms with Gasteiger partial charge in [0.1, 0.15) is 18.2 Å². The van der Waals surface area contributed by atoms with Crippen molar-refractivity contribution in [1.82, 2.24) is 4.98 Å². The van der Waals surface area contributed by atoms with E-state index >= 15 is 0 Å². The zero-order chi connectivity index (χ0) is 13.1. The molecule has 0 saturated carbocycles. The van der Waals surface area contributed by atoms with E-state index in [2.05, 4.69) is 4.98 Å². The summed E-state index contributed by atoms with van der Waals surface area (Å²) in [5.74, 6) is 0.0535. The Morgan fingerprint density at radius 1 is 1.47 bits per heavy atom. The van der Waals surface area contributed by atoms with Crippen LogP contribution in [-0.2, 0) is 0 Å². The summed E-state index contributed by atoms with van der Waals surface area (Å²) < 4.78 is 36.8. The van der Waals surface area contributed by atoms with Crippen LogP contribution in [0.1, 0.15) is 12.5 Å². The van der Waals surface area contributed by atoms with Crippen molar-refractivity contribution in [1.29, 1.82) is 5.41 Å². The molecule has 0 aliphatic carbocycles. The van der Waals surface area contributed by atoms with E-state index in [1.54, 1.807) is 6.92 Å². The van der Waals surface area contributed by atoms with E-state index in [0.29, 0.717) is 5.56 Å². The van der Waals surface area contributed by atoms with Gasteiger partial charge in [0.25, 0.3) is 0 Å². The van der Waals surface area contributed by atoms with E-state index in [9.17, 15) is 13.2 Å². The minimum absolute atomic E-state index is 0.164. The van der Waals surface area contributed by atoms with Crippen molar-refractivity contribution in [3.63, 3.8) is 0 Å². The van der Waals surface area contributed by atoms with Gasteiger partial charge in [0.05, 0.1) is 0 Å². The maximum atomic E-state index is 12.3. The normalized spacial score (nSPS) is 11.3. The van der Waals surface area contributed by atoms with E-state index < -0.39 is 12.7 Å². The number of hydrogen-bond donors (Lipinski definition) is 2. The quantitative estimate of drug-likeness (QED) is 0.628. The van der Waals surface area contributed by atoms with Gasteiger partial charge in [-0.25, -0.2) is 4.98 Å². The first kappa shape index (κ1) is 13.3. The van der Waals surface area contributed by atoms with Crippen molar-refractivity contribution in [2.45, 2.75) is 13.1 Å². The predicted octanol–water partition coefficient (Wildman–Crippen LogP) is 1.75. The number of nitrogens with two attached hydrogens (primary N) is 1. The number of nitrogen functional groups attached to an aromatic ring is 1. The van der Waals surface area contributed by atoms with Crippen molar-refractivity contribution in [3.05, 3.63) is 23.9 Å². The van der Waals surface area contributed by atoms with Crippen molar-refractivity contribution in [2.24, 2.45) is 5.73 Å². The van der Waals surface area contributed by atoms with Crippen molar-refractivity contribution in [2.75, 3.05) is 18.0 Å². The van der Waals surface area contributed by atoms with Crippen LogP contribution in [0.4, 0.5) is 19.0 Å². The van der Waals surface area contributed by atoms with Crippen LogP contribution in [-0.4, -0.2) is 30.1 Å². The van der Waals surface area contributed by atoms with Crippen LogP contribution >= 0.6 is 0 Å². The van der Waals surface area contributed by atoms with Crippen LogP contribution in [0.2, 0.25) is 0 Å². The fourth-order valence-electron chi connectivity index (χ4n) is 1.30. The first-order valence-electron chi connectivity index (χ1n) is 4.95. The highest BCUT2D eigenvalue weighted by atomic mass is 19.4. The average molecular weight is 246 g/mol. The largest absolute Gasteiger partial charge is 0.405 e. The third-order valence-electron chi connectivity index (χ3n) is 2.13. The maximum absolute atomic E-state index is 12.3. The summed E-state index contributed by atoms with van der Waals surface area (Å²) in [5.41, 5.74) is 5.61. The second-order valence-corrected chi connectivity index (χ2v) is 3.45. The van der Waals surface area contributed by atoms with Crippen LogP contribution in [0.5, 0.6) is 0 Å². The third kappa shape index (κ3) is 3.93. The van der Waals surface area contributed by atoms with Crippen LogP contribution in [0.15, 0.2) is 18.3 Å². The number of hydrogen-bond acceptors (Lipinski definition) is 3. The van der Waals surface area contributed by atoms with Crippen LogP contribution in [0, 0.1) is 5.41 Å². The van der Waals surface area contributed by atoms with Gasteiger partial charge < -0.3 is 10.6 Å². The molecule has 0 unspecified atom stereocenters. The summed E-state index contributed by atoms with van der Waals surface area (Å²) in [7, 11) is 0. The molecule has 0 atom stereocenters. The molecule has 0 aliphatic heterocycles.